The van der Waals surface area contributed by atoms with Gasteiger partial charge in [-0.15, -0.1) is 0 Å². The summed E-state index contributed by atoms with van der Waals surface area (Å²) in [6.07, 6.45) is 5.38. The summed E-state index contributed by atoms with van der Waals surface area (Å²) in [6, 6.07) is 1.86. The van der Waals surface area contributed by atoms with E-state index in [0.29, 0.717) is 50.2 Å². The maximum atomic E-state index is 11.9. The minimum atomic E-state index is -1.04. The number of aryl methyl sites for hydroxylation is 1. The molecule has 0 saturated carbocycles. The molecule has 1 fully saturated rings. The van der Waals surface area contributed by atoms with Crippen LogP contribution in [0.4, 0.5) is 0 Å². The van der Waals surface area contributed by atoms with Gasteiger partial charge in [0, 0.05) is 36.0 Å². The number of pyridine rings is 1. The molecule has 1 saturated heterocycles. The van der Waals surface area contributed by atoms with Gasteiger partial charge in [0.05, 0.1) is 18.3 Å². The first-order valence-electron chi connectivity index (χ1n) is 9.90. The van der Waals surface area contributed by atoms with Gasteiger partial charge in [0.1, 0.15) is 5.69 Å². The number of carboxylic acids is 1. The molecule has 9 nitrogen and oxygen atoms in total. The molecule has 156 valence electrons. The zero-order valence-electron chi connectivity index (χ0n) is 18.1. The molecule has 2 aromatic rings. The number of likely N-dealkylation sites (tertiary alicyclic amines) is 1. The van der Waals surface area contributed by atoms with Crippen LogP contribution < -0.4 is 24.6 Å². The number of aliphatic hydroxyl groups is 1. The summed E-state index contributed by atoms with van der Waals surface area (Å²) in [6.45, 7) is 1.87. The first kappa shape index (κ1) is 22.5. The Hall–Kier alpha value is -2.18. The van der Waals surface area contributed by atoms with Crippen molar-refractivity contribution in [3.8, 4) is 11.3 Å². The van der Waals surface area contributed by atoms with Crippen LogP contribution in [0, 0.1) is 5.92 Å². The number of carbonyl (C=O) groups excluding carboxylic acids is 1. The summed E-state index contributed by atoms with van der Waals surface area (Å²) in [5.41, 5.74) is 8.86. The molecule has 3 heterocycles. The Morgan fingerprint density at radius 2 is 2.00 bits per heavy atom. The van der Waals surface area contributed by atoms with Gasteiger partial charge in [0.25, 0.3) is 0 Å². The number of nitrogens with zero attached hydrogens (tertiary/aromatic N) is 4. The molecule has 2 aliphatic rings. The van der Waals surface area contributed by atoms with Gasteiger partial charge in [-0.05, 0) is 50.4 Å². The van der Waals surface area contributed by atoms with E-state index in [1.165, 1.54) is 4.68 Å². The molecule has 0 bridgehead atoms. The molecule has 4 N–H and O–H groups in total. The van der Waals surface area contributed by atoms with Crippen molar-refractivity contribution < 1.29 is 40.1 Å². The Labute approximate surface area is 187 Å². The molecule has 1 aliphatic carbocycles. The average molecular weight is 407 g/mol. The number of piperidine rings is 1. The van der Waals surface area contributed by atoms with Crippen molar-refractivity contribution in [1.82, 2.24) is 19.7 Å². The van der Waals surface area contributed by atoms with E-state index in [2.05, 4.69) is 15.0 Å². The van der Waals surface area contributed by atoms with Crippen molar-refractivity contribution in [1.29, 1.82) is 0 Å². The number of nitrogens with two attached hydrogens (primary N) is 1. The predicted molar refractivity (Wildman–Crippen MR) is 105 cm³/mol. The van der Waals surface area contributed by atoms with Gasteiger partial charge in [-0.3, -0.25) is 14.5 Å². The Morgan fingerprint density at radius 3 is 2.67 bits per heavy atom. The van der Waals surface area contributed by atoms with Gasteiger partial charge < -0.3 is 22.3 Å². The molecular weight excluding hydrogens is 381 g/mol. The first-order valence-corrected chi connectivity index (χ1v) is 9.90. The number of primary amides is 1. The van der Waals surface area contributed by atoms with Gasteiger partial charge >= 0.3 is 24.8 Å². The van der Waals surface area contributed by atoms with Gasteiger partial charge in [-0.2, -0.15) is 5.10 Å². The number of aliphatic hydroxyl groups excluding tert-OH is 1. The number of amides is 1. The van der Waals surface area contributed by atoms with Gasteiger partial charge in [0.2, 0.25) is 5.91 Å². The van der Waals surface area contributed by atoms with Crippen LogP contribution in [0.2, 0.25) is 0 Å². The SMILES string of the molecule is NC(=O)C1CCN(CC(O)Cn2nc3c(c2C(=O)O)CCc2cnccc2-3)CC1.[H-].[Li+]. The van der Waals surface area contributed by atoms with Crippen LogP contribution in [0.5, 0.6) is 0 Å². The Bertz CT molecular complexity index is 946. The normalized spacial score (nSPS) is 17.5. The molecule has 0 radical (unpaired) electrons. The smallest absolute Gasteiger partial charge is 1.00 e. The molecule has 10 heteroatoms. The van der Waals surface area contributed by atoms with Crippen molar-refractivity contribution in [3.05, 3.63) is 35.3 Å². The predicted octanol–water partition coefficient (Wildman–Crippen LogP) is -2.58. The summed E-state index contributed by atoms with van der Waals surface area (Å²) in [5, 5.41) is 24.9. The topological polar surface area (TPSA) is 135 Å². The second-order valence-corrected chi connectivity index (χ2v) is 7.83. The molecule has 1 aliphatic heterocycles. The second-order valence-electron chi connectivity index (χ2n) is 7.83. The minimum absolute atomic E-state index is 0. The first-order chi connectivity index (χ1) is 13.9. The quantitative estimate of drug-likeness (QED) is 0.448. The van der Waals surface area contributed by atoms with Crippen molar-refractivity contribution >= 4 is 11.9 Å². The molecule has 1 amide bonds. The van der Waals surface area contributed by atoms with Crippen LogP contribution in [0.25, 0.3) is 11.3 Å². The summed E-state index contributed by atoms with van der Waals surface area (Å²) in [5.74, 6) is -1.41. The summed E-state index contributed by atoms with van der Waals surface area (Å²) in [7, 11) is 0. The van der Waals surface area contributed by atoms with Crippen LogP contribution in [0.3, 0.4) is 0 Å². The molecule has 1 atom stereocenters. The van der Waals surface area contributed by atoms with E-state index in [-0.39, 0.29) is 44.4 Å². The van der Waals surface area contributed by atoms with E-state index < -0.39 is 12.1 Å². The fourth-order valence-corrected chi connectivity index (χ4v) is 4.40. The van der Waals surface area contributed by atoms with E-state index in [0.717, 1.165) is 17.5 Å². The van der Waals surface area contributed by atoms with Crippen LogP contribution in [-0.2, 0) is 24.2 Å². The number of rotatable bonds is 6. The number of carbonyl (C=O) groups is 2. The number of carboxylic acid groups (broad SMARTS) is 1. The number of aromatic nitrogens is 3. The van der Waals surface area contributed by atoms with E-state index in [9.17, 15) is 19.8 Å². The number of aromatic carboxylic acids is 1. The molecular formula is C20H26LiN5O4. The zero-order valence-corrected chi connectivity index (χ0v) is 17.1. The van der Waals surface area contributed by atoms with Gasteiger partial charge in [-0.1, -0.05) is 0 Å². The van der Waals surface area contributed by atoms with E-state index >= 15 is 0 Å². The van der Waals surface area contributed by atoms with E-state index in [1.54, 1.807) is 12.4 Å². The average Bonchev–Trinajstić information content (AvgIpc) is 3.06. The largest absolute Gasteiger partial charge is 1.00 e. The summed E-state index contributed by atoms with van der Waals surface area (Å²) >= 11 is 0. The molecule has 0 spiro atoms. The van der Waals surface area contributed by atoms with Gasteiger partial charge in [-0.25, -0.2) is 4.79 Å². The molecule has 4 rings (SSSR count). The van der Waals surface area contributed by atoms with Crippen molar-refractivity contribution in [2.75, 3.05) is 19.6 Å². The van der Waals surface area contributed by atoms with E-state index in [1.807, 2.05) is 6.07 Å². The van der Waals surface area contributed by atoms with Crippen LogP contribution in [0.1, 0.15) is 35.9 Å². The second kappa shape index (κ2) is 9.31. The fourth-order valence-electron chi connectivity index (χ4n) is 4.40. The molecule has 1 unspecified atom stereocenters. The zero-order chi connectivity index (χ0) is 20.5. The Balaban J connectivity index is 0.00000171. The standard InChI is InChI=1S/C20H25N5O4.Li.H/c21-19(27)12-4-7-24(8-5-12)10-14(26)11-25-18(20(28)29)16-2-1-13-9-22-6-3-15(13)17(16)23-25;;/h3,6,9,12,14,26H,1-2,4-5,7-8,10-11H2,(H2,21,27)(H,28,29);;/q;+1;-1. The minimum Gasteiger partial charge on any atom is -1.00 e. The summed E-state index contributed by atoms with van der Waals surface area (Å²) < 4.78 is 1.42. The Morgan fingerprint density at radius 1 is 1.27 bits per heavy atom. The van der Waals surface area contributed by atoms with Crippen molar-refractivity contribution in [2.24, 2.45) is 11.7 Å². The van der Waals surface area contributed by atoms with Crippen LogP contribution >= 0.6 is 0 Å². The van der Waals surface area contributed by atoms with Gasteiger partial charge in [0.15, 0.2) is 0 Å². The third-order valence-corrected chi connectivity index (χ3v) is 5.90. The number of fused-ring (bicyclic) bond motifs is 3. The maximum Gasteiger partial charge on any atom is 1.00 e. The number of hydrogen-bond donors (Lipinski definition) is 3. The van der Waals surface area contributed by atoms with Crippen LogP contribution in [-0.4, -0.2) is 67.5 Å². The maximum absolute atomic E-state index is 11.9. The van der Waals surface area contributed by atoms with Crippen LogP contribution in [0.15, 0.2) is 18.5 Å². The third-order valence-electron chi connectivity index (χ3n) is 5.90. The monoisotopic (exact) mass is 407 g/mol. The Kier molecular flexibility index (Phi) is 6.98. The molecule has 30 heavy (non-hydrogen) atoms. The van der Waals surface area contributed by atoms with Crippen molar-refractivity contribution in [3.63, 3.8) is 0 Å². The van der Waals surface area contributed by atoms with E-state index in [4.69, 9.17) is 5.73 Å². The number of β-amino-alcohol motifs (C(OH)–C–C–N with tert-alkyl or cyclic N) is 1. The number of hydrogen-bond acceptors (Lipinski definition) is 6. The molecule has 0 aromatic carbocycles. The molecule has 2 aromatic heterocycles. The fraction of sp³-hybridized carbons (Fsp3) is 0.500. The van der Waals surface area contributed by atoms with Crippen molar-refractivity contribution in [2.45, 2.75) is 38.3 Å². The third kappa shape index (κ3) is 4.44. The summed E-state index contributed by atoms with van der Waals surface area (Å²) in [4.78, 5) is 29.4.